The normalized spacial score (nSPS) is 21.8. The van der Waals surface area contributed by atoms with Crippen molar-refractivity contribution in [3.8, 4) is 22.4 Å². The second kappa shape index (κ2) is 10.8. The molecule has 0 aliphatic carbocycles. The van der Waals surface area contributed by atoms with Crippen LogP contribution in [-0.4, -0.2) is 67.5 Å². The van der Waals surface area contributed by atoms with Crippen molar-refractivity contribution >= 4 is 17.5 Å². The lowest BCUT2D eigenvalue weighted by atomic mass is 10.0. The average molecular weight is 522 g/mol. The topological polar surface area (TPSA) is 88.6 Å². The number of aromatic nitrogens is 2. The zero-order valence-electron chi connectivity index (χ0n) is 22.0. The van der Waals surface area contributed by atoms with Crippen molar-refractivity contribution in [2.45, 2.75) is 24.3 Å². The van der Waals surface area contributed by atoms with Crippen molar-refractivity contribution in [3.63, 3.8) is 0 Å². The van der Waals surface area contributed by atoms with Gasteiger partial charge < -0.3 is 25.0 Å². The van der Waals surface area contributed by atoms with Crippen LogP contribution in [0.15, 0.2) is 91.1 Å². The van der Waals surface area contributed by atoms with E-state index < -0.39 is 0 Å². The largest absolute Gasteiger partial charge is 0.378 e. The van der Waals surface area contributed by atoms with E-state index in [0.29, 0.717) is 24.7 Å². The molecule has 2 aliphatic heterocycles. The molecule has 0 bridgehead atoms. The lowest BCUT2D eigenvalue weighted by Gasteiger charge is -2.19. The number of carbonyl (C=O) groups excluding carboxylic acids is 1. The second-order valence-corrected chi connectivity index (χ2v) is 10.1. The maximum Gasteiger partial charge on any atom is 0.251 e. The minimum absolute atomic E-state index is 0.119. The van der Waals surface area contributed by atoms with Gasteiger partial charge in [0.05, 0.1) is 31.0 Å². The standard InChI is InChI=1S/C31H31N5O3/c1-36(2)24-14-12-23(13-15-24)30(37)33-26-18-38-29-27(19-39-28(26)29)35-31-32-17-16-25(34-31)22-10-8-21(9-11-22)20-6-4-3-5-7-20/h3-17,26-29H,18-19H2,1-2H3,(H,33,37)(H,32,34,35)/t26-,27-,28+,29+/m0/s1. The molecule has 8 nitrogen and oxygen atoms in total. The molecule has 0 radical (unpaired) electrons. The second-order valence-electron chi connectivity index (χ2n) is 10.1. The first kappa shape index (κ1) is 25.0. The lowest BCUT2D eigenvalue weighted by Crippen LogP contribution is -2.44. The Kier molecular flexibility index (Phi) is 6.96. The minimum Gasteiger partial charge on any atom is -0.378 e. The third-order valence-corrected chi connectivity index (χ3v) is 7.27. The number of ether oxygens (including phenoxy) is 2. The summed E-state index contributed by atoms with van der Waals surface area (Å²) in [5.74, 6) is 0.384. The van der Waals surface area contributed by atoms with Crippen molar-refractivity contribution in [2.24, 2.45) is 0 Å². The molecule has 0 saturated carbocycles. The van der Waals surface area contributed by atoms with Crippen LogP contribution in [-0.2, 0) is 9.47 Å². The summed E-state index contributed by atoms with van der Waals surface area (Å²) in [7, 11) is 3.94. The number of nitrogens with one attached hydrogen (secondary N) is 2. The molecule has 198 valence electrons. The maximum absolute atomic E-state index is 12.8. The van der Waals surface area contributed by atoms with Crippen molar-refractivity contribution < 1.29 is 14.3 Å². The number of amides is 1. The molecule has 3 aromatic carbocycles. The molecule has 6 rings (SSSR count). The van der Waals surface area contributed by atoms with Gasteiger partial charge in [-0.2, -0.15) is 0 Å². The van der Waals surface area contributed by atoms with E-state index in [9.17, 15) is 4.79 Å². The summed E-state index contributed by atoms with van der Waals surface area (Å²) in [5.41, 5.74) is 5.84. The zero-order chi connectivity index (χ0) is 26.8. The molecule has 0 spiro atoms. The van der Waals surface area contributed by atoms with Gasteiger partial charge in [0, 0.05) is 37.1 Å². The van der Waals surface area contributed by atoms with E-state index >= 15 is 0 Å². The van der Waals surface area contributed by atoms with Crippen LogP contribution in [0.2, 0.25) is 0 Å². The van der Waals surface area contributed by atoms with E-state index in [2.05, 4.69) is 52.0 Å². The first-order valence-corrected chi connectivity index (χ1v) is 13.1. The predicted octanol–water partition coefficient (Wildman–Crippen LogP) is 4.25. The number of hydrogen-bond acceptors (Lipinski definition) is 7. The fourth-order valence-electron chi connectivity index (χ4n) is 5.13. The Hall–Kier alpha value is -4.27. The van der Waals surface area contributed by atoms with Crippen molar-refractivity contribution in [1.29, 1.82) is 0 Å². The maximum atomic E-state index is 12.8. The minimum atomic E-state index is -0.235. The highest BCUT2D eigenvalue weighted by atomic mass is 16.6. The summed E-state index contributed by atoms with van der Waals surface area (Å²) in [6.45, 7) is 0.836. The van der Waals surface area contributed by atoms with Crippen LogP contribution in [0, 0.1) is 0 Å². The Morgan fingerprint density at radius 2 is 1.44 bits per heavy atom. The molecule has 2 aliphatic rings. The van der Waals surface area contributed by atoms with Gasteiger partial charge in [0.2, 0.25) is 5.95 Å². The number of fused-ring (bicyclic) bond motifs is 1. The number of carbonyl (C=O) groups is 1. The van der Waals surface area contributed by atoms with Gasteiger partial charge >= 0.3 is 0 Å². The quantitative estimate of drug-likeness (QED) is 0.376. The van der Waals surface area contributed by atoms with E-state index in [4.69, 9.17) is 14.5 Å². The number of rotatable bonds is 7. The average Bonchev–Trinajstić information content (AvgIpc) is 3.57. The van der Waals surface area contributed by atoms with Crippen LogP contribution in [0.5, 0.6) is 0 Å². The van der Waals surface area contributed by atoms with Crippen LogP contribution < -0.4 is 15.5 Å². The summed E-state index contributed by atoms with van der Waals surface area (Å²) >= 11 is 0. The predicted molar refractivity (Wildman–Crippen MR) is 152 cm³/mol. The van der Waals surface area contributed by atoms with Gasteiger partial charge in [-0.15, -0.1) is 0 Å². The smallest absolute Gasteiger partial charge is 0.251 e. The molecular weight excluding hydrogens is 490 g/mol. The summed E-state index contributed by atoms with van der Waals surface area (Å²) in [6.07, 6.45) is 1.31. The van der Waals surface area contributed by atoms with Crippen LogP contribution in [0.4, 0.5) is 11.6 Å². The number of anilines is 2. The van der Waals surface area contributed by atoms with Gasteiger partial charge in [-0.3, -0.25) is 4.79 Å². The van der Waals surface area contributed by atoms with E-state index in [1.807, 2.05) is 67.5 Å². The zero-order valence-corrected chi connectivity index (χ0v) is 22.0. The van der Waals surface area contributed by atoms with Crippen molar-refractivity contribution in [3.05, 3.63) is 96.7 Å². The van der Waals surface area contributed by atoms with Gasteiger partial charge in [-0.1, -0.05) is 54.6 Å². The highest BCUT2D eigenvalue weighted by Gasteiger charge is 2.48. The molecule has 3 heterocycles. The summed E-state index contributed by atoms with van der Waals surface area (Å²) in [6, 6.07) is 27.7. The highest BCUT2D eigenvalue weighted by Crippen LogP contribution is 2.30. The molecule has 4 aromatic rings. The van der Waals surface area contributed by atoms with Crippen LogP contribution in [0.25, 0.3) is 22.4 Å². The molecule has 4 atom stereocenters. The third-order valence-electron chi connectivity index (χ3n) is 7.27. The van der Waals surface area contributed by atoms with Gasteiger partial charge in [-0.25, -0.2) is 9.97 Å². The van der Waals surface area contributed by atoms with Crippen molar-refractivity contribution in [1.82, 2.24) is 15.3 Å². The fourth-order valence-corrected chi connectivity index (χ4v) is 5.13. The molecule has 8 heteroatoms. The molecule has 2 fully saturated rings. The van der Waals surface area contributed by atoms with Gasteiger partial charge in [0.25, 0.3) is 5.91 Å². The van der Waals surface area contributed by atoms with E-state index in [1.54, 1.807) is 6.20 Å². The van der Waals surface area contributed by atoms with E-state index in [1.165, 1.54) is 5.56 Å². The molecule has 2 saturated heterocycles. The molecule has 1 amide bonds. The Bertz CT molecular complexity index is 1430. The lowest BCUT2D eigenvalue weighted by molar-refractivity contribution is 0.0652. The molecule has 1 aromatic heterocycles. The van der Waals surface area contributed by atoms with E-state index in [0.717, 1.165) is 22.5 Å². The van der Waals surface area contributed by atoms with Crippen LogP contribution in [0.3, 0.4) is 0 Å². The van der Waals surface area contributed by atoms with E-state index in [-0.39, 0.29) is 30.2 Å². The number of nitrogens with zero attached hydrogens (tertiary/aromatic N) is 3. The Morgan fingerprint density at radius 3 is 2.15 bits per heavy atom. The SMILES string of the molecule is CN(C)c1ccc(C(=O)N[C@H]2CO[C@H]3[C@@H]2OC[C@@H]3Nc2nccc(-c3ccc(-c4ccccc4)cc3)n2)cc1. The highest BCUT2D eigenvalue weighted by molar-refractivity contribution is 5.94. The molecule has 39 heavy (non-hydrogen) atoms. The Labute approximate surface area is 228 Å². The van der Waals surface area contributed by atoms with Crippen LogP contribution in [0.1, 0.15) is 10.4 Å². The fraction of sp³-hybridized carbons (Fsp3) is 0.258. The Balaban J connectivity index is 1.08. The van der Waals surface area contributed by atoms with Crippen LogP contribution >= 0.6 is 0 Å². The monoisotopic (exact) mass is 521 g/mol. The number of hydrogen-bond donors (Lipinski definition) is 2. The molecule has 2 N–H and O–H groups in total. The van der Waals surface area contributed by atoms with Gasteiger partial charge in [0.1, 0.15) is 12.2 Å². The van der Waals surface area contributed by atoms with Gasteiger partial charge in [-0.05, 0) is 41.5 Å². The number of benzene rings is 3. The van der Waals surface area contributed by atoms with Crippen molar-refractivity contribution in [2.75, 3.05) is 37.5 Å². The third kappa shape index (κ3) is 5.34. The summed E-state index contributed by atoms with van der Waals surface area (Å²) in [5, 5.41) is 6.48. The molecule has 0 unspecified atom stereocenters. The first-order chi connectivity index (χ1) is 19.0. The first-order valence-electron chi connectivity index (χ1n) is 13.1. The summed E-state index contributed by atoms with van der Waals surface area (Å²) < 4.78 is 12.1. The molecular formula is C31H31N5O3. The summed E-state index contributed by atoms with van der Waals surface area (Å²) in [4.78, 5) is 24.0. The van der Waals surface area contributed by atoms with Gasteiger partial charge in [0.15, 0.2) is 0 Å². The Morgan fingerprint density at radius 1 is 0.795 bits per heavy atom.